The molecule has 0 heterocycles. The highest BCUT2D eigenvalue weighted by atomic mass is 16.6. The number of ether oxygens (including phenoxy) is 1. The summed E-state index contributed by atoms with van der Waals surface area (Å²) >= 11 is 0. The first-order valence-corrected chi connectivity index (χ1v) is 5.96. The van der Waals surface area contributed by atoms with Crippen LogP contribution in [0.2, 0.25) is 0 Å². The fraction of sp³-hybridized carbons (Fsp3) is 0.500. The van der Waals surface area contributed by atoms with Gasteiger partial charge >= 0.3 is 5.97 Å². The number of esters is 1. The second-order valence-corrected chi connectivity index (χ2v) is 5.41. The third kappa shape index (κ3) is 4.04. The molecule has 1 unspecified atom stereocenters. The zero-order valence-electron chi connectivity index (χ0n) is 11.4. The lowest BCUT2D eigenvalue weighted by Crippen LogP contribution is -2.26. The summed E-state index contributed by atoms with van der Waals surface area (Å²) in [5, 5.41) is 9.88. The van der Waals surface area contributed by atoms with Crippen LogP contribution in [-0.4, -0.2) is 16.7 Å². The van der Waals surface area contributed by atoms with Crippen LogP contribution in [0.3, 0.4) is 0 Å². The molecule has 1 aromatic rings. The number of aryl methyl sites for hydroxylation is 1. The smallest absolute Gasteiger partial charge is 0.308 e. The predicted molar refractivity (Wildman–Crippen MR) is 70.2 cm³/mol. The Labute approximate surface area is 108 Å². The lowest BCUT2D eigenvalue weighted by molar-refractivity contribution is -0.155. The number of hydrogen-bond donors (Lipinski definition) is 2. The molecule has 1 rings (SSSR count). The molecule has 4 nitrogen and oxygen atoms in total. The molecule has 1 atom stereocenters. The van der Waals surface area contributed by atoms with Crippen LogP contribution in [0, 0.1) is 6.92 Å². The van der Waals surface area contributed by atoms with E-state index in [1.165, 1.54) is 0 Å². The van der Waals surface area contributed by atoms with E-state index in [1.54, 1.807) is 45.9 Å². The molecule has 0 saturated carbocycles. The van der Waals surface area contributed by atoms with Gasteiger partial charge in [0.05, 0.1) is 6.42 Å². The van der Waals surface area contributed by atoms with E-state index < -0.39 is 11.6 Å². The fourth-order valence-electron chi connectivity index (χ4n) is 1.65. The Morgan fingerprint density at radius 3 is 2.61 bits per heavy atom. The number of aromatic hydroxyl groups is 1. The minimum Gasteiger partial charge on any atom is -0.507 e. The first-order chi connectivity index (χ1) is 8.20. The van der Waals surface area contributed by atoms with Crippen molar-refractivity contribution < 1.29 is 14.6 Å². The number of phenolic OH excluding ortho intramolecular Hbond substituents is 1. The lowest BCUT2D eigenvalue weighted by Gasteiger charge is -2.21. The number of hydrogen-bond acceptors (Lipinski definition) is 4. The molecular weight excluding hydrogens is 230 g/mol. The highest BCUT2D eigenvalue weighted by Gasteiger charge is 2.21. The van der Waals surface area contributed by atoms with Gasteiger partial charge in [0, 0.05) is 11.6 Å². The SMILES string of the molecule is Cc1cccc(C(N)CC(=O)OC(C)(C)C)c1O. The van der Waals surface area contributed by atoms with Gasteiger partial charge in [0.1, 0.15) is 11.4 Å². The Morgan fingerprint density at radius 1 is 1.44 bits per heavy atom. The Kier molecular flexibility index (Phi) is 4.35. The fourth-order valence-corrected chi connectivity index (χ4v) is 1.65. The number of carbonyl (C=O) groups excluding carboxylic acids is 1. The first-order valence-electron chi connectivity index (χ1n) is 5.96. The van der Waals surface area contributed by atoms with Crippen molar-refractivity contribution in [3.05, 3.63) is 29.3 Å². The van der Waals surface area contributed by atoms with Gasteiger partial charge in [-0.05, 0) is 33.3 Å². The predicted octanol–water partition coefficient (Wildman–Crippen LogP) is 2.43. The Morgan fingerprint density at radius 2 is 2.06 bits per heavy atom. The highest BCUT2D eigenvalue weighted by Crippen LogP contribution is 2.28. The maximum atomic E-state index is 11.7. The molecule has 0 aromatic heterocycles. The third-order valence-electron chi connectivity index (χ3n) is 2.48. The van der Waals surface area contributed by atoms with Crippen LogP contribution in [0.4, 0.5) is 0 Å². The van der Waals surface area contributed by atoms with Gasteiger partial charge in [0.25, 0.3) is 0 Å². The van der Waals surface area contributed by atoms with Gasteiger partial charge in [-0.1, -0.05) is 18.2 Å². The molecule has 100 valence electrons. The third-order valence-corrected chi connectivity index (χ3v) is 2.48. The van der Waals surface area contributed by atoms with Crippen molar-refractivity contribution in [1.82, 2.24) is 0 Å². The topological polar surface area (TPSA) is 72.6 Å². The van der Waals surface area contributed by atoms with Crippen LogP contribution in [0.1, 0.15) is 44.4 Å². The zero-order chi connectivity index (χ0) is 13.9. The largest absolute Gasteiger partial charge is 0.507 e. The molecule has 1 aromatic carbocycles. The zero-order valence-corrected chi connectivity index (χ0v) is 11.4. The van der Waals surface area contributed by atoms with Gasteiger partial charge < -0.3 is 15.6 Å². The summed E-state index contributed by atoms with van der Waals surface area (Å²) in [4.78, 5) is 11.7. The van der Waals surface area contributed by atoms with Crippen molar-refractivity contribution >= 4 is 5.97 Å². The van der Waals surface area contributed by atoms with Crippen molar-refractivity contribution in [1.29, 1.82) is 0 Å². The van der Waals surface area contributed by atoms with Crippen molar-refractivity contribution in [2.45, 2.75) is 45.8 Å². The molecule has 0 bridgehead atoms. The van der Waals surface area contributed by atoms with Crippen LogP contribution in [0.5, 0.6) is 5.75 Å². The van der Waals surface area contributed by atoms with E-state index in [0.717, 1.165) is 5.56 Å². The maximum absolute atomic E-state index is 11.7. The van der Waals surface area contributed by atoms with Gasteiger partial charge in [-0.3, -0.25) is 4.79 Å². The standard InChI is InChI=1S/C14H21NO3/c1-9-6-5-7-10(13(9)17)11(15)8-12(16)18-14(2,3)4/h5-7,11,17H,8,15H2,1-4H3. The Hall–Kier alpha value is -1.55. The number of para-hydroxylation sites is 1. The van der Waals surface area contributed by atoms with E-state index in [-0.39, 0.29) is 18.1 Å². The van der Waals surface area contributed by atoms with E-state index in [2.05, 4.69) is 0 Å². The lowest BCUT2D eigenvalue weighted by atomic mass is 10.0. The minimum absolute atomic E-state index is 0.0499. The van der Waals surface area contributed by atoms with Crippen molar-refractivity contribution in [3.63, 3.8) is 0 Å². The normalized spacial score (nSPS) is 13.2. The summed E-state index contributed by atoms with van der Waals surface area (Å²) in [6.45, 7) is 7.21. The van der Waals surface area contributed by atoms with Crippen molar-refractivity contribution in [2.24, 2.45) is 5.73 Å². The van der Waals surface area contributed by atoms with Crippen LogP contribution in [0.15, 0.2) is 18.2 Å². The van der Waals surface area contributed by atoms with Crippen LogP contribution in [0.25, 0.3) is 0 Å². The number of carbonyl (C=O) groups is 1. The van der Waals surface area contributed by atoms with Crippen LogP contribution < -0.4 is 5.73 Å². The van der Waals surface area contributed by atoms with Crippen molar-refractivity contribution in [3.8, 4) is 5.75 Å². The van der Waals surface area contributed by atoms with E-state index in [9.17, 15) is 9.90 Å². The molecule has 18 heavy (non-hydrogen) atoms. The molecule has 0 spiro atoms. The van der Waals surface area contributed by atoms with E-state index in [0.29, 0.717) is 5.56 Å². The summed E-state index contributed by atoms with van der Waals surface area (Å²) < 4.78 is 5.20. The average molecular weight is 251 g/mol. The monoisotopic (exact) mass is 251 g/mol. The molecular formula is C14H21NO3. The Bertz CT molecular complexity index is 435. The number of nitrogens with two attached hydrogens (primary N) is 1. The molecule has 0 aliphatic rings. The highest BCUT2D eigenvalue weighted by molar-refractivity contribution is 5.71. The molecule has 0 radical (unpaired) electrons. The molecule has 0 aliphatic heterocycles. The molecule has 4 heteroatoms. The molecule has 0 amide bonds. The van der Waals surface area contributed by atoms with E-state index in [1.807, 2.05) is 0 Å². The molecule has 0 saturated heterocycles. The molecule has 0 fully saturated rings. The van der Waals surface area contributed by atoms with Gasteiger partial charge in [0.15, 0.2) is 0 Å². The number of phenols is 1. The van der Waals surface area contributed by atoms with E-state index >= 15 is 0 Å². The van der Waals surface area contributed by atoms with E-state index in [4.69, 9.17) is 10.5 Å². The summed E-state index contributed by atoms with van der Waals surface area (Å²) in [5.74, 6) is -0.218. The van der Waals surface area contributed by atoms with Gasteiger partial charge in [-0.25, -0.2) is 0 Å². The van der Waals surface area contributed by atoms with Gasteiger partial charge in [0.2, 0.25) is 0 Å². The summed E-state index contributed by atoms with van der Waals surface area (Å²) in [7, 11) is 0. The first kappa shape index (κ1) is 14.5. The second kappa shape index (κ2) is 5.40. The van der Waals surface area contributed by atoms with Crippen LogP contribution >= 0.6 is 0 Å². The maximum Gasteiger partial charge on any atom is 0.308 e. The minimum atomic E-state index is -0.556. The summed E-state index contributed by atoms with van der Waals surface area (Å²) in [5.41, 5.74) is 6.71. The summed E-state index contributed by atoms with van der Waals surface area (Å²) in [6.07, 6.45) is 0.0499. The average Bonchev–Trinajstić information content (AvgIpc) is 2.18. The van der Waals surface area contributed by atoms with Crippen molar-refractivity contribution in [2.75, 3.05) is 0 Å². The van der Waals surface area contributed by atoms with Crippen LogP contribution in [-0.2, 0) is 9.53 Å². The molecule has 3 N–H and O–H groups in total. The summed E-state index contributed by atoms with van der Waals surface area (Å²) in [6, 6.07) is 4.76. The Balaban J connectivity index is 2.74. The van der Waals surface area contributed by atoms with Gasteiger partial charge in [-0.2, -0.15) is 0 Å². The number of benzene rings is 1. The number of rotatable bonds is 3. The van der Waals surface area contributed by atoms with Gasteiger partial charge in [-0.15, -0.1) is 0 Å². The molecule has 0 aliphatic carbocycles. The quantitative estimate of drug-likeness (QED) is 0.809. The second-order valence-electron chi connectivity index (χ2n) is 5.41.